The van der Waals surface area contributed by atoms with Gasteiger partial charge in [-0.1, -0.05) is 39.5 Å². The van der Waals surface area contributed by atoms with Crippen molar-refractivity contribution >= 4 is 50.3 Å². The van der Waals surface area contributed by atoms with E-state index in [-0.39, 0.29) is 46.3 Å². The molecule has 11 heteroatoms. The number of amides is 1. The first kappa shape index (κ1) is 25.8. The maximum atomic E-state index is 13.1. The number of nitrogens with zero attached hydrogens (tertiary/aromatic N) is 2. The Hall–Kier alpha value is -1.82. The summed E-state index contributed by atoms with van der Waals surface area (Å²) in [6, 6.07) is 5.76. The van der Waals surface area contributed by atoms with Crippen LogP contribution in [0.5, 0.6) is 0 Å². The summed E-state index contributed by atoms with van der Waals surface area (Å²) >= 11 is 5.83. The van der Waals surface area contributed by atoms with E-state index in [0.29, 0.717) is 16.2 Å². The number of carbonyl (C=O) groups excluding carboxylic acids is 2. The Morgan fingerprint density at radius 2 is 1.91 bits per heavy atom. The number of non-ortho nitro benzene ring substituents is 1. The van der Waals surface area contributed by atoms with Crippen molar-refractivity contribution in [3.05, 3.63) is 49.9 Å². The highest BCUT2D eigenvalue weighted by atomic mass is 32.2. The van der Waals surface area contributed by atoms with Gasteiger partial charge in [0.1, 0.15) is 12.0 Å². The fourth-order valence-electron chi connectivity index (χ4n) is 3.55. The average Bonchev–Trinajstić information content (AvgIpc) is 3.03. The first-order chi connectivity index (χ1) is 15.3. The minimum atomic E-state index is -2.07. The minimum Gasteiger partial charge on any atom is -0.456 e. The third-order valence-corrected chi connectivity index (χ3v) is 12.7. The van der Waals surface area contributed by atoms with Crippen LogP contribution in [0, 0.1) is 16.0 Å². The van der Waals surface area contributed by atoms with E-state index in [9.17, 15) is 19.7 Å². The molecular weight excluding hydrogens is 480 g/mol. The molecule has 3 atom stereocenters. The molecule has 0 radical (unpaired) electrons. The van der Waals surface area contributed by atoms with Crippen LogP contribution in [0.1, 0.15) is 39.7 Å². The Morgan fingerprint density at radius 1 is 1.30 bits per heavy atom. The lowest BCUT2D eigenvalue weighted by Crippen LogP contribution is -2.63. The van der Waals surface area contributed by atoms with Gasteiger partial charge in [-0.05, 0) is 42.2 Å². The van der Waals surface area contributed by atoms with E-state index in [4.69, 9.17) is 9.16 Å². The van der Waals surface area contributed by atoms with Crippen molar-refractivity contribution in [2.45, 2.75) is 70.3 Å². The Bertz CT molecular complexity index is 990. The molecule has 1 saturated heterocycles. The van der Waals surface area contributed by atoms with Crippen LogP contribution in [0.3, 0.4) is 0 Å². The molecule has 1 fully saturated rings. The average molecular weight is 511 g/mol. The first-order valence-electron chi connectivity index (χ1n) is 10.8. The van der Waals surface area contributed by atoms with Crippen LogP contribution in [0.25, 0.3) is 0 Å². The number of rotatable bonds is 8. The van der Waals surface area contributed by atoms with Crippen LogP contribution in [0.4, 0.5) is 5.69 Å². The van der Waals surface area contributed by atoms with Crippen molar-refractivity contribution in [2.24, 2.45) is 5.92 Å². The maximum Gasteiger partial charge on any atom is 0.357 e. The Morgan fingerprint density at radius 3 is 2.42 bits per heavy atom. The molecule has 0 bridgehead atoms. The van der Waals surface area contributed by atoms with Crippen molar-refractivity contribution < 1.29 is 23.7 Å². The second-order valence-corrected chi connectivity index (χ2v) is 16.4. The van der Waals surface area contributed by atoms with Crippen LogP contribution in [0.15, 0.2) is 34.2 Å². The normalized spacial score (nSPS) is 21.5. The van der Waals surface area contributed by atoms with Crippen LogP contribution >= 0.6 is 24.4 Å². The highest BCUT2D eigenvalue weighted by molar-refractivity contribution is 8.16. The molecule has 0 N–H and O–H groups in total. The third kappa shape index (κ3) is 5.01. The standard InChI is InChI=1S/C22H30N2O6S2Si/c1-7-15(30-33(5,6)22(2,3)4)16-18(25)23-17(21(31)32-19(16)23)20(26)29-12-13-8-10-14(11-9-13)24(27)28/h8-11,15-16,19,31H,7,12H2,1-6H3/t15-,16+,19+/m0/s1. The molecule has 0 aromatic heterocycles. The number of benzene rings is 1. The third-order valence-electron chi connectivity index (χ3n) is 6.53. The quantitative estimate of drug-likeness (QED) is 0.130. The van der Waals surface area contributed by atoms with Crippen molar-refractivity contribution in [1.29, 1.82) is 0 Å². The fraction of sp³-hybridized carbons (Fsp3) is 0.545. The number of hydrogen-bond acceptors (Lipinski definition) is 8. The van der Waals surface area contributed by atoms with Gasteiger partial charge in [0.25, 0.3) is 5.69 Å². The number of hydrogen-bond donors (Lipinski definition) is 1. The highest BCUT2D eigenvalue weighted by Gasteiger charge is 2.59. The first-order valence-corrected chi connectivity index (χ1v) is 15.0. The van der Waals surface area contributed by atoms with Crippen molar-refractivity contribution in [1.82, 2.24) is 4.90 Å². The molecule has 2 aliphatic rings. The molecule has 0 unspecified atom stereocenters. The molecule has 2 aliphatic heterocycles. The molecule has 3 rings (SSSR count). The lowest BCUT2D eigenvalue weighted by Gasteiger charge is -2.48. The van der Waals surface area contributed by atoms with Gasteiger partial charge in [0, 0.05) is 12.1 Å². The summed E-state index contributed by atoms with van der Waals surface area (Å²) in [5, 5.41) is 10.6. The number of carbonyl (C=O) groups is 2. The number of nitro benzene ring substituents is 1. The molecule has 33 heavy (non-hydrogen) atoms. The smallest absolute Gasteiger partial charge is 0.357 e. The Labute approximate surface area is 204 Å². The van der Waals surface area contributed by atoms with E-state index < -0.39 is 19.2 Å². The summed E-state index contributed by atoms with van der Waals surface area (Å²) in [5.41, 5.74) is 0.723. The summed E-state index contributed by atoms with van der Waals surface area (Å²) in [4.78, 5) is 37.6. The van der Waals surface area contributed by atoms with E-state index in [1.165, 1.54) is 40.9 Å². The van der Waals surface area contributed by atoms with Crippen LogP contribution < -0.4 is 0 Å². The Balaban J connectivity index is 1.66. The molecule has 2 heterocycles. The van der Waals surface area contributed by atoms with E-state index in [0.717, 1.165) is 0 Å². The second kappa shape index (κ2) is 9.44. The predicted octanol–water partition coefficient (Wildman–Crippen LogP) is 5.07. The number of thiol groups is 1. The molecule has 1 amide bonds. The lowest BCUT2D eigenvalue weighted by molar-refractivity contribution is -0.384. The zero-order valence-corrected chi connectivity index (χ0v) is 22.4. The van der Waals surface area contributed by atoms with Gasteiger partial charge in [0.05, 0.1) is 21.2 Å². The molecule has 0 saturated carbocycles. The molecule has 8 nitrogen and oxygen atoms in total. The lowest BCUT2D eigenvalue weighted by atomic mass is 9.90. The molecule has 0 aliphatic carbocycles. The van der Waals surface area contributed by atoms with Crippen LogP contribution in [0.2, 0.25) is 18.1 Å². The summed E-state index contributed by atoms with van der Waals surface area (Å²) in [5.74, 6) is -1.13. The molecule has 180 valence electrons. The number of fused-ring (bicyclic) bond motifs is 1. The number of thioether (sulfide) groups is 1. The summed E-state index contributed by atoms with van der Waals surface area (Å²) in [7, 11) is -2.07. The fourth-order valence-corrected chi connectivity index (χ4v) is 6.77. The summed E-state index contributed by atoms with van der Waals surface area (Å²) in [6.07, 6.45) is 0.485. The second-order valence-electron chi connectivity index (χ2n) is 9.72. The molecule has 1 aromatic carbocycles. The number of nitro groups is 1. The van der Waals surface area contributed by atoms with E-state index >= 15 is 0 Å². The van der Waals surface area contributed by atoms with E-state index in [2.05, 4.69) is 46.5 Å². The van der Waals surface area contributed by atoms with Gasteiger partial charge in [0.2, 0.25) is 5.91 Å². The zero-order valence-electron chi connectivity index (χ0n) is 19.7. The van der Waals surface area contributed by atoms with Crippen molar-refractivity contribution in [2.75, 3.05) is 0 Å². The Kier molecular flexibility index (Phi) is 7.38. The van der Waals surface area contributed by atoms with E-state index in [1.807, 2.05) is 6.92 Å². The summed E-state index contributed by atoms with van der Waals surface area (Å²) in [6.45, 7) is 12.8. The van der Waals surface area contributed by atoms with Crippen molar-refractivity contribution in [3.8, 4) is 0 Å². The maximum absolute atomic E-state index is 13.1. The zero-order chi connectivity index (χ0) is 24.7. The minimum absolute atomic E-state index is 0.0233. The number of esters is 1. The SMILES string of the molecule is CC[C@H](O[Si](C)(C)C(C)(C)C)[C@@H]1C(=O)N2C(C(=O)OCc3ccc([N+](=O)[O-])cc3)=C(S)S[C@H]12. The monoisotopic (exact) mass is 510 g/mol. The van der Waals surface area contributed by atoms with Gasteiger partial charge in [-0.15, -0.1) is 12.6 Å². The number of ether oxygens (including phenoxy) is 1. The largest absolute Gasteiger partial charge is 0.456 e. The van der Waals surface area contributed by atoms with Gasteiger partial charge in [-0.2, -0.15) is 0 Å². The van der Waals surface area contributed by atoms with Gasteiger partial charge < -0.3 is 9.16 Å². The van der Waals surface area contributed by atoms with Crippen molar-refractivity contribution in [3.63, 3.8) is 0 Å². The molecule has 0 spiro atoms. The van der Waals surface area contributed by atoms with Gasteiger partial charge in [-0.25, -0.2) is 4.79 Å². The van der Waals surface area contributed by atoms with Crippen LogP contribution in [-0.2, 0) is 25.4 Å². The molecular formula is C22H30N2O6S2Si. The highest BCUT2D eigenvalue weighted by Crippen LogP contribution is 2.53. The van der Waals surface area contributed by atoms with Gasteiger partial charge in [-0.3, -0.25) is 19.8 Å². The topological polar surface area (TPSA) is 99.0 Å². The van der Waals surface area contributed by atoms with Gasteiger partial charge >= 0.3 is 5.97 Å². The molecule has 1 aromatic rings. The van der Waals surface area contributed by atoms with Crippen LogP contribution in [-0.4, -0.2) is 41.5 Å². The summed E-state index contributed by atoms with van der Waals surface area (Å²) < 4.78 is 12.4. The van der Waals surface area contributed by atoms with E-state index in [1.54, 1.807) is 0 Å². The predicted molar refractivity (Wildman–Crippen MR) is 133 cm³/mol. The number of β-lactam (4-membered cyclic amide) rings is 1. The van der Waals surface area contributed by atoms with Gasteiger partial charge in [0.15, 0.2) is 14.0 Å².